The first-order valence-electron chi connectivity index (χ1n) is 6.11. The summed E-state index contributed by atoms with van der Waals surface area (Å²) in [5.41, 5.74) is 10.3. The van der Waals surface area contributed by atoms with Crippen molar-refractivity contribution in [2.75, 3.05) is 5.73 Å². The van der Waals surface area contributed by atoms with Gasteiger partial charge in [-0.05, 0) is 48.4 Å². The van der Waals surface area contributed by atoms with E-state index in [1.807, 2.05) is 61.5 Å². The van der Waals surface area contributed by atoms with Crippen LogP contribution in [0.4, 0.5) is 5.69 Å². The number of oxazole rings is 1. The molecule has 0 amide bonds. The molecule has 2 aromatic carbocycles. The van der Waals surface area contributed by atoms with Crippen molar-refractivity contribution >= 4 is 28.9 Å². The number of nitrogen functional groups attached to an aromatic ring is 1. The SMILES string of the molecule is Cc1ccc2oc(C=Cc3ccc(N)cc3)nc2c1. The number of hydrogen-bond donors (Lipinski definition) is 1. The van der Waals surface area contributed by atoms with Gasteiger partial charge in [0, 0.05) is 11.8 Å². The number of anilines is 1. The minimum absolute atomic E-state index is 0.609. The fraction of sp³-hybridized carbons (Fsp3) is 0.0625. The molecule has 0 unspecified atom stereocenters. The lowest BCUT2D eigenvalue weighted by Crippen LogP contribution is -1.82. The zero-order chi connectivity index (χ0) is 13.2. The van der Waals surface area contributed by atoms with Gasteiger partial charge in [-0.1, -0.05) is 18.2 Å². The molecule has 0 atom stereocenters. The zero-order valence-electron chi connectivity index (χ0n) is 10.6. The van der Waals surface area contributed by atoms with Crippen LogP contribution in [-0.2, 0) is 0 Å². The van der Waals surface area contributed by atoms with Gasteiger partial charge in [-0.15, -0.1) is 0 Å². The van der Waals surface area contributed by atoms with Crippen molar-refractivity contribution in [3.05, 3.63) is 59.5 Å². The summed E-state index contributed by atoms with van der Waals surface area (Å²) in [5, 5.41) is 0. The highest BCUT2D eigenvalue weighted by Crippen LogP contribution is 2.18. The summed E-state index contributed by atoms with van der Waals surface area (Å²) in [5.74, 6) is 0.609. The second-order valence-electron chi connectivity index (χ2n) is 4.52. The van der Waals surface area contributed by atoms with Gasteiger partial charge in [-0.3, -0.25) is 0 Å². The maximum atomic E-state index is 5.65. The molecule has 19 heavy (non-hydrogen) atoms. The van der Waals surface area contributed by atoms with Gasteiger partial charge in [0.1, 0.15) is 5.52 Å². The molecule has 0 radical (unpaired) electrons. The van der Waals surface area contributed by atoms with Crippen LogP contribution in [0.15, 0.2) is 46.9 Å². The van der Waals surface area contributed by atoms with Crippen molar-refractivity contribution < 1.29 is 4.42 Å². The van der Waals surface area contributed by atoms with Gasteiger partial charge in [0.15, 0.2) is 5.58 Å². The Morgan fingerprint density at radius 3 is 2.63 bits per heavy atom. The predicted molar refractivity (Wildman–Crippen MR) is 78.5 cm³/mol. The Labute approximate surface area is 111 Å². The molecule has 0 bridgehead atoms. The van der Waals surface area contributed by atoms with Crippen LogP contribution in [0.2, 0.25) is 0 Å². The summed E-state index contributed by atoms with van der Waals surface area (Å²) >= 11 is 0. The number of fused-ring (bicyclic) bond motifs is 1. The van der Waals surface area contributed by atoms with Gasteiger partial charge in [0.2, 0.25) is 5.89 Å². The molecule has 0 saturated carbocycles. The Kier molecular flexibility index (Phi) is 2.80. The van der Waals surface area contributed by atoms with Gasteiger partial charge in [-0.25, -0.2) is 4.98 Å². The Morgan fingerprint density at radius 2 is 1.84 bits per heavy atom. The van der Waals surface area contributed by atoms with Gasteiger partial charge in [-0.2, -0.15) is 0 Å². The Morgan fingerprint density at radius 1 is 1.05 bits per heavy atom. The molecule has 0 spiro atoms. The van der Waals surface area contributed by atoms with Crippen LogP contribution in [0.1, 0.15) is 17.0 Å². The van der Waals surface area contributed by atoms with Crippen LogP contribution in [-0.4, -0.2) is 4.98 Å². The van der Waals surface area contributed by atoms with Crippen molar-refractivity contribution in [3.63, 3.8) is 0 Å². The Balaban J connectivity index is 1.90. The highest BCUT2D eigenvalue weighted by Gasteiger charge is 2.02. The van der Waals surface area contributed by atoms with E-state index >= 15 is 0 Å². The molecule has 0 aliphatic carbocycles. The van der Waals surface area contributed by atoms with E-state index in [0.717, 1.165) is 22.4 Å². The second-order valence-corrected chi connectivity index (χ2v) is 4.52. The summed E-state index contributed by atoms with van der Waals surface area (Å²) in [6.45, 7) is 2.04. The van der Waals surface area contributed by atoms with E-state index in [2.05, 4.69) is 4.98 Å². The van der Waals surface area contributed by atoms with Crippen LogP contribution in [0, 0.1) is 6.92 Å². The zero-order valence-corrected chi connectivity index (χ0v) is 10.6. The number of benzene rings is 2. The Hall–Kier alpha value is -2.55. The molecule has 1 aromatic heterocycles. The first-order chi connectivity index (χ1) is 9.20. The molecule has 2 N–H and O–H groups in total. The molecular formula is C16H14N2O. The number of hydrogen-bond acceptors (Lipinski definition) is 3. The first kappa shape index (κ1) is 11.5. The number of rotatable bonds is 2. The highest BCUT2D eigenvalue weighted by molar-refractivity contribution is 5.76. The monoisotopic (exact) mass is 250 g/mol. The van der Waals surface area contributed by atoms with Gasteiger partial charge in [0.05, 0.1) is 0 Å². The molecule has 1 heterocycles. The quantitative estimate of drug-likeness (QED) is 0.702. The standard InChI is InChI=1S/C16H14N2O/c1-11-2-8-15-14(10-11)18-16(19-15)9-5-12-3-6-13(17)7-4-12/h2-10H,17H2,1H3. The second kappa shape index (κ2) is 4.61. The molecular weight excluding hydrogens is 236 g/mol. The molecule has 0 fully saturated rings. The van der Waals surface area contributed by atoms with E-state index in [0.29, 0.717) is 5.89 Å². The van der Waals surface area contributed by atoms with E-state index < -0.39 is 0 Å². The summed E-state index contributed by atoms with van der Waals surface area (Å²) < 4.78 is 5.65. The largest absolute Gasteiger partial charge is 0.437 e. The lowest BCUT2D eigenvalue weighted by Gasteiger charge is -1.93. The molecule has 0 aliphatic rings. The number of nitrogens with two attached hydrogens (primary N) is 1. The third-order valence-corrected chi connectivity index (χ3v) is 2.91. The normalized spacial score (nSPS) is 11.4. The molecule has 3 heteroatoms. The lowest BCUT2D eigenvalue weighted by molar-refractivity contribution is 0.589. The average Bonchev–Trinajstić information content (AvgIpc) is 2.80. The van der Waals surface area contributed by atoms with Gasteiger partial charge < -0.3 is 10.2 Å². The fourth-order valence-electron chi connectivity index (χ4n) is 1.90. The van der Waals surface area contributed by atoms with Crippen molar-refractivity contribution in [2.24, 2.45) is 0 Å². The van der Waals surface area contributed by atoms with Crippen molar-refractivity contribution in [1.29, 1.82) is 0 Å². The van der Waals surface area contributed by atoms with Gasteiger partial charge in [0.25, 0.3) is 0 Å². The van der Waals surface area contributed by atoms with Crippen molar-refractivity contribution in [2.45, 2.75) is 6.92 Å². The summed E-state index contributed by atoms with van der Waals surface area (Å²) in [6.07, 6.45) is 3.82. The predicted octanol–water partition coefficient (Wildman–Crippen LogP) is 3.89. The summed E-state index contributed by atoms with van der Waals surface area (Å²) in [6, 6.07) is 13.6. The smallest absolute Gasteiger partial charge is 0.220 e. The molecule has 3 rings (SSSR count). The van der Waals surface area contributed by atoms with Crippen molar-refractivity contribution in [3.8, 4) is 0 Å². The topological polar surface area (TPSA) is 52.0 Å². The minimum Gasteiger partial charge on any atom is -0.437 e. The minimum atomic E-state index is 0.609. The summed E-state index contributed by atoms with van der Waals surface area (Å²) in [7, 11) is 0. The third-order valence-electron chi connectivity index (χ3n) is 2.91. The van der Waals surface area contributed by atoms with E-state index in [4.69, 9.17) is 10.2 Å². The first-order valence-corrected chi connectivity index (χ1v) is 6.11. The van der Waals surface area contributed by atoms with Crippen LogP contribution >= 0.6 is 0 Å². The molecule has 94 valence electrons. The maximum absolute atomic E-state index is 5.65. The average molecular weight is 250 g/mol. The lowest BCUT2D eigenvalue weighted by atomic mass is 10.2. The molecule has 3 aromatic rings. The third kappa shape index (κ3) is 2.50. The van der Waals surface area contributed by atoms with E-state index in [9.17, 15) is 0 Å². The van der Waals surface area contributed by atoms with Crippen LogP contribution in [0.3, 0.4) is 0 Å². The maximum Gasteiger partial charge on any atom is 0.220 e. The van der Waals surface area contributed by atoms with Crippen LogP contribution in [0.25, 0.3) is 23.3 Å². The molecule has 0 saturated heterocycles. The number of nitrogens with zero attached hydrogens (tertiary/aromatic N) is 1. The van der Waals surface area contributed by atoms with E-state index in [1.54, 1.807) is 0 Å². The van der Waals surface area contributed by atoms with Crippen LogP contribution in [0.5, 0.6) is 0 Å². The van der Waals surface area contributed by atoms with Crippen LogP contribution < -0.4 is 5.73 Å². The van der Waals surface area contributed by atoms with Crippen molar-refractivity contribution in [1.82, 2.24) is 4.98 Å². The highest BCUT2D eigenvalue weighted by atomic mass is 16.3. The fourth-order valence-corrected chi connectivity index (χ4v) is 1.90. The van der Waals surface area contributed by atoms with E-state index in [-0.39, 0.29) is 0 Å². The Bertz CT molecular complexity index is 739. The van der Waals surface area contributed by atoms with E-state index in [1.165, 1.54) is 5.56 Å². The molecule has 0 aliphatic heterocycles. The number of aromatic nitrogens is 1. The summed E-state index contributed by atoms with van der Waals surface area (Å²) in [4.78, 5) is 4.43. The van der Waals surface area contributed by atoms with Gasteiger partial charge >= 0.3 is 0 Å². The number of aryl methyl sites for hydroxylation is 1. The molecule has 3 nitrogen and oxygen atoms in total.